The van der Waals surface area contributed by atoms with Crippen molar-refractivity contribution in [3.63, 3.8) is 0 Å². The first-order valence-electron chi connectivity index (χ1n) is 7.05. The van der Waals surface area contributed by atoms with Crippen molar-refractivity contribution in [3.8, 4) is 11.8 Å². The van der Waals surface area contributed by atoms with Gasteiger partial charge in [-0.3, -0.25) is 10.1 Å². The van der Waals surface area contributed by atoms with Crippen LogP contribution in [0.1, 0.15) is 11.1 Å². The van der Waals surface area contributed by atoms with Crippen molar-refractivity contribution >= 4 is 35.0 Å². The molecule has 0 atom stereocenters. The average Bonchev–Trinajstić information content (AvgIpc) is 2.60. The third-order valence-corrected chi connectivity index (χ3v) is 3.27. The smallest absolute Gasteiger partial charge is 0.250 e. The van der Waals surface area contributed by atoms with Crippen molar-refractivity contribution in [3.05, 3.63) is 65.7 Å². The normalized spacial score (nSPS) is 10.0. The van der Waals surface area contributed by atoms with Gasteiger partial charge in [-0.2, -0.15) is 5.26 Å². The highest BCUT2D eigenvalue weighted by Crippen LogP contribution is 2.18. The van der Waals surface area contributed by atoms with Crippen LogP contribution in [0.2, 0.25) is 0 Å². The molecule has 6 heteroatoms. The van der Waals surface area contributed by atoms with Crippen LogP contribution in [0.4, 0.5) is 5.69 Å². The second-order valence-electron chi connectivity index (χ2n) is 4.71. The number of hydrogen-bond acceptors (Lipinski definition) is 4. The molecule has 0 unspecified atom stereocenters. The highest BCUT2D eigenvalue weighted by molar-refractivity contribution is 7.80. The third-order valence-electron chi connectivity index (χ3n) is 3.06. The lowest BCUT2D eigenvalue weighted by Crippen LogP contribution is -2.32. The molecule has 2 aromatic carbocycles. The number of hydrogen-bond donors (Lipinski definition) is 2. The Hall–Kier alpha value is -3.17. The number of para-hydroxylation sites is 1. The van der Waals surface area contributed by atoms with Gasteiger partial charge in [0.1, 0.15) is 5.75 Å². The maximum atomic E-state index is 11.9. The summed E-state index contributed by atoms with van der Waals surface area (Å²) >= 11 is 5.09. The van der Waals surface area contributed by atoms with Crippen molar-refractivity contribution < 1.29 is 9.53 Å². The fourth-order valence-corrected chi connectivity index (χ4v) is 2.13. The summed E-state index contributed by atoms with van der Waals surface area (Å²) in [6.07, 6.45) is 3.03. The number of carbonyl (C=O) groups excluding carboxylic acids is 1. The first-order valence-corrected chi connectivity index (χ1v) is 7.46. The molecule has 0 spiro atoms. The monoisotopic (exact) mass is 337 g/mol. The molecule has 0 saturated heterocycles. The van der Waals surface area contributed by atoms with Gasteiger partial charge in [-0.05, 0) is 48.6 Å². The van der Waals surface area contributed by atoms with Crippen LogP contribution in [0.25, 0.3) is 6.08 Å². The van der Waals surface area contributed by atoms with Crippen molar-refractivity contribution in [1.82, 2.24) is 5.32 Å². The fourth-order valence-electron chi connectivity index (χ4n) is 1.91. The number of carbonyl (C=O) groups is 1. The number of nitrogens with one attached hydrogen (secondary N) is 2. The van der Waals surface area contributed by atoms with Crippen LogP contribution >= 0.6 is 12.2 Å². The first kappa shape index (κ1) is 17.2. The van der Waals surface area contributed by atoms with Gasteiger partial charge in [0.2, 0.25) is 5.91 Å². The standard InChI is InChI=1S/C18H15N3O2S/c1-23-16-5-3-2-4-14(16)8-11-17(22)21-18(24)20-15-9-6-13(12-19)7-10-15/h2-11H,1H3,(H2,20,21,22,24). The van der Waals surface area contributed by atoms with Crippen LogP contribution < -0.4 is 15.4 Å². The number of nitrogens with zero attached hydrogens (tertiary/aromatic N) is 1. The molecule has 0 aliphatic rings. The van der Waals surface area contributed by atoms with E-state index >= 15 is 0 Å². The van der Waals surface area contributed by atoms with Crippen molar-refractivity contribution in [2.24, 2.45) is 0 Å². The lowest BCUT2D eigenvalue weighted by molar-refractivity contribution is -0.115. The Labute approximate surface area is 145 Å². The highest BCUT2D eigenvalue weighted by Gasteiger charge is 2.03. The predicted octanol–water partition coefficient (Wildman–Crippen LogP) is 3.09. The van der Waals surface area contributed by atoms with Gasteiger partial charge < -0.3 is 10.1 Å². The van der Waals surface area contributed by atoms with Crippen molar-refractivity contribution in [2.75, 3.05) is 12.4 Å². The number of methoxy groups -OCH3 is 1. The largest absolute Gasteiger partial charge is 0.496 e. The van der Waals surface area contributed by atoms with Crippen LogP contribution in [-0.4, -0.2) is 18.1 Å². The summed E-state index contributed by atoms with van der Waals surface area (Å²) in [7, 11) is 1.57. The van der Waals surface area contributed by atoms with E-state index in [-0.39, 0.29) is 11.0 Å². The number of benzene rings is 2. The van der Waals surface area contributed by atoms with Gasteiger partial charge >= 0.3 is 0 Å². The molecular weight excluding hydrogens is 322 g/mol. The van der Waals surface area contributed by atoms with E-state index in [0.29, 0.717) is 17.0 Å². The molecule has 0 fully saturated rings. The number of amides is 1. The van der Waals surface area contributed by atoms with E-state index in [2.05, 4.69) is 10.6 Å². The number of thiocarbonyl (C=S) groups is 1. The van der Waals surface area contributed by atoms with Gasteiger partial charge in [-0.25, -0.2) is 0 Å². The van der Waals surface area contributed by atoms with Gasteiger partial charge in [0.25, 0.3) is 0 Å². The van der Waals surface area contributed by atoms with Crippen LogP contribution in [0.5, 0.6) is 5.75 Å². The molecule has 2 rings (SSSR count). The predicted molar refractivity (Wildman–Crippen MR) is 97.5 cm³/mol. The summed E-state index contributed by atoms with van der Waals surface area (Å²) < 4.78 is 5.21. The molecule has 0 heterocycles. The molecule has 0 aromatic heterocycles. The van der Waals surface area contributed by atoms with E-state index in [1.165, 1.54) is 6.08 Å². The van der Waals surface area contributed by atoms with Crippen LogP contribution in [0, 0.1) is 11.3 Å². The Balaban J connectivity index is 1.92. The van der Waals surface area contributed by atoms with Gasteiger partial charge in [-0.15, -0.1) is 0 Å². The molecule has 5 nitrogen and oxygen atoms in total. The number of anilines is 1. The lowest BCUT2D eigenvalue weighted by atomic mass is 10.2. The second-order valence-corrected chi connectivity index (χ2v) is 5.12. The zero-order valence-corrected chi connectivity index (χ0v) is 13.8. The zero-order chi connectivity index (χ0) is 17.4. The molecule has 2 N–H and O–H groups in total. The van der Waals surface area contributed by atoms with E-state index in [4.69, 9.17) is 22.2 Å². The second kappa shape index (κ2) is 8.46. The van der Waals surface area contributed by atoms with Gasteiger partial charge in [-0.1, -0.05) is 18.2 Å². The quantitative estimate of drug-likeness (QED) is 0.662. The topological polar surface area (TPSA) is 74.2 Å². The minimum absolute atomic E-state index is 0.175. The lowest BCUT2D eigenvalue weighted by Gasteiger charge is -2.08. The van der Waals surface area contributed by atoms with Crippen LogP contribution in [-0.2, 0) is 4.79 Å². The van der Waals surface area contributed by atoms with Crippen molar-refractivity contribution in [1.29, 1.82) is 5.26 Å². The molecule has 0 bridgehead atoms. The molecule has 2 aromatic rings. The van der Waals surface area contributed by atoms with Crippen LogP contribution in [0.3, 0.4) is 0 Å². The third kappa shape index (κ3) is 4.93. The Bertz CT molecular complexity index is 808. The Morgan fingerprint density at radius 2 is 1.92 bits per heavy atom. The van der Waals surface area contributed by atoms with Crippen molar-refractivity contribution in [2.45, 2.75) is 0 Å². The van der Waals surface area contributed by atoms with Gasteiger partial charge in [0.05, 0.1) is 18.7 Å². The maximum Gasteiger partial charge on any atom is 0.250 e. The summed E-state index contributed by atoms with van der Waals surface area (Å²) in [6, 6.07) is 16.1. The van der Waals surface area contributed by atoms with Gasteiger partial charge in [0.15, 0.2) is 5.11 Å². The molecule has 0 saturated carbocycles. The molecule has 0 radical (unpaired) electrons. The van der Waals surface area contributed by atoms with E-state index in [1.54, 1.807) is 37.5 Å². The molecule has 120 valence electrons. The zero-order valence-electron chi connectivity index (χ0n) is 12.9. The summed E-state index contributed by atoms with van der Waals surface area (Å²) in [4.78, 5) is 11.9. The molecule has 0 aliphatic carbocycles. The maximum absolute atomic E-state index is 11.9. The summed E-state index contributed by atoms with van der Waals surface area (Å²) in [5, 5.41) is 14.4. The molecule has 24 heavy (non-hydrogen) atoms. The SMILES string of the molecule is COc1ccccc1C=CC(=O)NC(=S)Nc1ccc(C#N)cc1. The Morgan fingerprint density at radius 1 is 1.21 bits per heavy atom. The van der Waals surface area contributed by atoms with E-state index in [1.807, 2.05) is 30.3 Å². The fraction of sp³-hybridized carbons (Fsp3) is 0.0556. The Morgan fingerprint density at radius 3 is 2.58 bits per heavy atom. The molecule has 0 aliphatic heterocycles. The van der Waals surface area contributed by atoms with E-state index < -0.39 is 0 Å². The molecule has 1 amide bonds. The summed E-state index contributed by atoms with van der Waals surface area (Å²) in [5.74, 6) is 0.326. The highest BCUT2D eigenvalue weighted by atomic mass is 32.1. The number of ether oxygens (including phenoxy) is 1. The average molecular weight is 337 g/mol. The minimum Gasteiger partial charge on any atom is -0.496 e. The van der Waals surface area contributed by atoms with Crippen LogP contribution in [0.15, 0.2) is 54.6 Å². The van der Waals surface area contributed by atoms with E-state index in [0.717, 1.165) is 5.56 Å². The summed E-state index contributed by atoms with van der Waals surface area (Å²) in [5.41, 5.74) is 2.03. The number of rotatable bonds is 4. The first-order chi connectivity index (χ1) is 11.6. The minimum atomic E-state index is -0.355. The molecular formula is C18H15N3O2S. The number of nitriles is 1. The van der Waals surface area contributed by atoms with Gasteiger partial charge in [0, 0.05) is 17.3 Å². The summed E-state index contributed by atoms with van der Waals surface area (Å²) in [6.45, 7) is 0. The Kier molecular flexibility index (Phi) is 6.06. The van der Waals surface area contributed by atoms with E-state index in [9.17, 15) is 4.79 Å².